The molecule has 78 valence electrons. The van der Waals surface area contributed by atoms with E-state index < -0.39 is 25.4 Å². The van der Waals surface area contributed by atoms with Crippen molar-refractivity contribution in [2.75, 3.05) is 19.8 Å². The molecule has 0 bridgehead atoms. The van der Waals surface area contributed by atoms with Gasteiger partial charge in [0.05, 0.1) is 19.8 Å². The Labute approximate surface area is 77.4 Å². The van der Waals surface area contributed by atoms with Gasteiger partial charge >= 0.3 is 0 Å². The van der Waals surface area contributed by atoms with Gasteiger partial charge in [0.25, 0.3) is 0 Å². The van der Waals surface area contributed by atoms with Gasteiger partial charge < -0.3 is 20.6 Å². The SMILES string of the molecule is CCCC(=O)NC(CO)(CO)CO. The summed E-state index contributed by atoms with van der Waals surface area (Å²) in [6.45, 7) is 0.415. The molecule has 0 aliphatic rings. The quantitative estimate of drug-likeness (QED) is 0.416. The van der Waals surface area contributed by atoms with Gasteiger partial charge in [0.15, 0.2) is 0 Å². The lowest BCUT2D eigenvalue weighted by Crippen LogP contribution is -2.56. The Morgan fingerprint density at radius 2 is 1.69 bits per heavy atom. The molecule has 0 saturated heterocycles. The fourth-order valence-electron chi connectivity index (χ4n) is 0.854. The van der Waals surface area contributed by atoms with Gasteiger partial charge in [0.1, 0.15) is 5.54 Å². The summed E-state index contributed by atoms with van der Waals surface area (Å²) in [5, 5.41) is 29.0. The summed E-state index contributed by atoms with van der Waals surface area (Å²) in [7, 11) is 0. The summed E-state index contributed by atoms with van der Waals surface area (Å²) in [5.41, 5.74) is -1.29. The third-order valence-corrected chi connectivity index (χ3v) is 1.79. The molecule has 5 nitrogen and oxygen atoms in total. The number of carbonyl (C=O) groups excluding carboxylic acids is 1. The zero-order chi connectivity index (χ0) is 10.3. The van der Waals surface area contributed by atoms with Crippen molar-refractivity contribution in [2.45, 2.75) is 25.3 Å². The van der Waals surface area contributed by atoms with E-state index in [2.05, 4.69) is 5.32 Å². The van der Waals surface area contributed by atoms with Crippen molar-refractivity contribution in [3.63, 3.8) is 0 Å². The average molecular weight is 191 g/mol. The molecular weight excluding hydrogens is 174 g/mol. The van der Waals surface area contributed by atoms with E-state index in [9.17, 15) is 4.79 Å². The predicted octanol–water partition coefficient (Wildman–Crippen LogP) is -1.38. The third kappa shape index (κ3) is 3.71. The van der Waals surface area contributed by atoms with E-state index in [-0.39, 0.29) is 5.91 Å². The van der Waals surface area contributed by atoms with Gasteiger partial charge in [-0.3, -0.25) is 4.79 Å². The molecule has 0 spiro atoms. The molecular formula is C8H17NO4. The normalized spacial score (nSPS) is 11.4. The van der Waals surface area contributed by atoms with Gasteiger partial charge in [-0.2, -0.15) is 0 Å². The maximum Gasteiger partial charge on any atom is 0.220 e. The lowest BCUT2D eigenvalue weighted by atomic mass is 10.0. The minimum atomic E-state index is -1.29. The number of hydrogen-bond acceptors (Lipinski definition) is 4. The number of nitrogens with one attached hydrogen (secondary N) is 1. The highest BCUT2D eigenvalue weighted by Crippen LogP contribution is 2.02. The van der Waals surface area contributed by atoms with Crippen molar-refractivity contribution in [1.82, 2.24) is 5.32 Å². The summed E-state index contributed by atoms with van der Waals surface area (Å²) in [5.74, 6) is -0.278. The second kappa shape index (κ2) is 5.90. The van der Waals surface area contributed by atoms with Crippen LogP contribution in [0, 0.1) is 0 Å². The summed E-state index contributed by atoms with van der Waals surface area (Å²) in [4.78, 5) is 11.1. The minimum Gasteiger partial charge on any atom is -0.394 e. The first-order chi connectivity index (χ1) is 6.14. The number of rotatable bonds is 6. The van der Waals surface area contributed by atoms with Crippen LogP contribution in [0.3, 0.4) is 0 Å². The monoisotopic (exact) mass is 191 g/mol. The molecule has 5 heteroatoms. The fraction of sp³-hybridized carbons (Fsp3) is 0.875. The lowest BCUT2D eigenvalue weighted by molar-refractivity contribution is -0.125. The van der Waals surface area contributed by atoms with E-state index in [1.54, 1.807) is 0 Å². The van der Waals surface area contributed by atoms with Gasteiger partial charge in [0, 0.05) is 6.42 Å². The number of hydrogen-bond donors (Lipinski definition) is 4. The molecule has 0 heterocycles. The molecule has 0 unspecified atom stereocenters. The highest BCUT2D eigenvalue weighted by molar-refractivity contribution is 5.76. The van der Waals surface area contributed by atoms with Crippen molar-refractivity contribution < 1.29 is 20.1 Å². The first-order valence-electron chi connectivity index (χ1n) is 4.27. The third-order valence-electron chi connectivity index (χ3n) is 1.79. The minimum absolute atomic E-state index is 0.278. The molecule has 13 heavy (non-hydrogen) atoms. The molecule has 0 saturated carbocycles. The van der Waals surface area contributed by atoms with Crippen molar-refractivity contribution in [1.29, 1.82) is 0 Å². The number of carbonyl (C=O) groups is 1. The number of amides is 1. The van der Waals surface area contributed by atoms with E-state index in [4.69, 9.17) is 15.3 Å². The molecule has 0 atom stereocenters. The van der Waals surface area contributed by atoms with Gasteiger partial charge in [0.2, 0.25) is 5.91 Å². The number of aliphatic hydroxyl groups excluding tert-OH is 3. The molecule has 4 N–H and O–H groups in total. The molecule has 0 aromatic heterocycles. The fourth-order valence-corrected chi connectivity index (χ4v) is 0.854. The van der Waals surface area contributed by atoms with Crippen molar-refractivity contribution in [3.05, 3.63) is 0 Å². The Morgan fingerprint density at radius 3 is 2.00 bits per heavy atom. The van der Waals surface area contributed by atoms with E-state index >= 15 is 0 Å². The largest absolute Gasteiger partial charge is 0.394 e. The van der Waals surface area contributed by atoms with Crippen LogP contribution in [0.2, 0.25) is 0 Å². The van der Waals surface area contributed by atoms with Gasteiger partial charge in [-0.05, 0) is 6.42 Å². The highest BCUT2D eigenvalue weighted by atomic mass is 16.3. The smallest absolute Gasteiger partial charge is 0.220 e. The maximum atomic E-state index is 11.1. The van der Waals surface area contributed by atoms with Crippen LogP contribution in [0.5, 0.6) is 0 Å². The Balaban J connectivity index is 4.16. The standard InChI is InChI=1S/C8H17NO4/c1-2-3-7(13)9-8(4-10,5-11)6-12/h10-12H,2-6H2,1H3,(H,9,13). The van der Waals surface area contributed by atoms with Crippen LogP contribution in [0.4, 0.5) is 0 Å². The topological polar surface area (TPSA) is 89.8 Å². The van der Waals surface area contributed by atoms with Crippen LogP contribution < -0.4 is 5.32 Å². The maximum absolute atomic E-state index is 11.1. The van der Waals surface area contributed by atoms with Crippen LogP contribution in [-0.2, 0) is 4.79 Å². The molecule has 0 aromatic carbocycles. The highest BCUT2D eigenvalue weighted by Gasteiger charge is 2.29. The zero-order valence-electron chi connectivity index (χ0n) is 7.79. The van der Waals surface area contributed by atoms with Crippen molar-refractivity contribution in [3.8, 4) is 0 Å². The van der Waals surface area contributed by atoms with E-state index in [0.29, 0.717) is 12.8 Å². The second-order valence-corrected chi connectivity index (χ2v) is 3.05. The van der Waals surface area contributed by atoms with Crippen LogP contribution in [-0.4, -0.2) is 46.6 Å². The van der Waals surface area contributed by atoms with Gasteiger partial charge in [-0.15, -0.1) is 0 Å². The van der Waals surface area contributed by atoms with Crippen LogP contribution in [0.15, 0.2) is 0 Å². The van der Waals surface area contributed by atoms with Crippen LogP contribution in [0.1, 0.15) is 19.8 Å². The molecule has 0 fully saturated rings. The summed E-state index contributed by atoms with van der Waals surface area (Å²) in [6.07, 6.45) is 1.01. The van der Waals surface area contributed by atoms with Gasteiger partial charge in [-0.25, -0.2) is 0 Å². The van der Waals surface area contributed by atoms with E-state index in [1.807, 2.05) is 6.92 Å². The Kier molecular flexibility index (Phi) is 5.61. The molecule has 0 aliphatic heterocycles. The van der Waals surface area contributed by atoms with E-state index in [0.717, 1.165) is 0 Å². The lowest BCUT2D eigenvalue weighted by Gasteiger charge is -2.28. The van der Waals surface area contributed by atoms with Crippen LogP contribution >= 0.6 is 0 Å². The summed E-state index contributed by atoms with van der Waals surface area (Å²) >= 11 is 0. The zero-order valence-corrected chi connectivity index (χ0v) is 7.79. The Morgan fingerprint density at radius 1 is 1.23 bits per heavy atom. The number of aliphatic hydroxyl groups is 3. The second-order valence-electron chi connectivity index (χ2n) is 3.05. The first kappa shape index (κ1) is 12.3. The molecule has 0 aliphatic carbocycles. The Bertz CT molecular complexity index is 148. The molecule has 0 rings (SSSR count). The summed E-state index contributed by atoms with van der Waals surface area (Å²) in [6, 6.07) is 0. The average Bonchev–Trinajstić information content (AvgIpc) is 2.15. The molecule has 1 amide bonds. The van der Waals surface area contributed by atoms with Crippen LogP contribution in [0.25, 0.3) is 0 Å². The molecule has 0 radical (unpaired) electrons. The van der Waals surface area contributed by atoms with E-state index in [1.165, 1.54) is 0 Å². The summed E-state index contributed by atoms with van der Waals surface area (Å²) < 4.78 is 0. The van der Waals surface area contributed by atoms with Gasteiger partial charge in [-0.1, -0.05) is 6.92 Å². The van der Waals surface area contributed by atoms with Crippen molar-refractivity contribution in [2.24, 2.45) is 0 Å². The Hall–Kier alpha value is -0.650. The molecule has 0 aromatic rings. The first-order valence-corrected chi connectivity index (χ1v) is 4.27. The predicted molar refractivity (Wildman–Crippen MR) is 47.0 cm³/mol. The van der Waals surface area contributed by atoms with Crippen molar-refractivity contribution >= 4 is 5.91 Å².